The highest BCUT2D eigenvalue weighted by molar-refractivity contribution is 6.15. The van der Waals surface area contributed by atoms with Crippen LogP contribution >= 0.6 is 11.9 Å². The van der Waals surface area contributed by atoms with Crippen LogP contribution in [-0.4, -0.2) is 5.97 Å². The van der Waals surface area contributed by atoms with Gasteiger partial charge in [0.1, 0.15) is 11.9 Å². The Labute approximate surface area is 95.0 Å². The monoisotopic (exact) mass is 224 g/mol. The Morgan fingerprint density at radius 3 is 2.13 bits per heavy atom. The molecule has 0 heterocycles. The lowest BCUT2D eigenvalue weighted by molar-refractivity contribution is -0.129. The molecule has 0 fully saturated rings. The van der Waals surface area contributed by atoms with Gasteiger partial charge < -0.3 is 4.29 Å². The van der Waals surface area contributed by atoms with Crippen molar-refractivity contribution in [2.24, 2.45) is 0 Å². The molecule has 0 amide bonds. The summed E-state index contributed by atoms with van der Waals surface area (Å²) in [6.45, 7) is 8.42. The first-order valence-electron chi connectivity index (χ1n) is 4.27. The van der Waals surface area contributed by atoms with Gasteiger partial charge in [-0.3, -0.25) is 0 Å². The van der Waals surface area contributed by atoms with Crippen LogP contribution in [-0.2, 0) is 9.08 Å². The molecule has 0 saturated heterocycles. The van der Waals surface area contributed by atoms with Crippen LogP contribution < -0.4 is 0 Å². The molecular weight excluding hydrogens is 212 g/mol. The standard InChI is InChI=1S/C8H8.C4H5ClO2/c1-2-8-6-4-3-5-7-8;1-3(2)4(6)7-5/h2-7H,1H2;1H2,2H3. The third-order valence-electron chi connectivity index (χ3n) is 1.45. The van der Waals surface area contributed by atoms with Gasteiger partial charge in [0.2, 0.25) is 0 Å². The lowest BCUT2D eigenvalue weighted by Gasteiger charge is -1.87. The summed E-state index contributed by atoms with van der Waals surface area (Å²) in [5.74, 6) is -0.582. The summed E-state index contributed by atoms with van der Waals surface area (Å²) in [6, 6.07) is 10.0. The van der Waals surface area contributed by atoms with E-state index in [1.54, 1.807) is 0 Å². The number of hydrogen-bond acceptors (Lipinski definition) is 2. The molecule has 0 aromatic heterocycles. The molecule has 1 rings (SSSR count). The highest BCUT2D eigenvalue weighted by Gasteiger charge is 1.98. The molecule has 0 unspecified atom stereocenters. The first-order chi connectivity index (χ1) is 7.11. The summed E-state index contributed by atoms with van der Waals surface area (Å²) >= 11 is 4.64. The molecule has 0 saturated carbocycles. The maximum Gasteiger partial charge on any atom is 0.351 e. The third kappa shape index (κ3) is 6.52. The van der Waals surface area contributed by atoms with E-state index in [1.165, 1.54) is 12.5 Å². The van der Waals surface area contributed by atoms with E-state index in [2.05, 4.69) is 29.3 Å². The van der Waals surface area contributed by atoms with Crippen LogP contribution in [0.25, 0.3) is 6.08 Å². The van der Waals surface area contributed by atoms with Gasteiger partial charge in [-0.25, -0.2) is 4.79 Å². The fourth-order valence-electron chi connectivity index (χ4n) is 0.655. The van der Waals surface area contributed by atoms with Crippen molar-refractivity contribution in [3.8, 4) is 0 Å². The summed E-state index contributed by atoms with van der Waals surface area (Å²) in [5.41, 5.74) is 1.47. The normalized spacial score (nSPS) is 8.13. The molecule has 0 N–H and O–H groups in total. The van der Waals surface area contributed by atoms with Crippen LogP contribution in [0.5, 0.6) is 0 Å². The molecule has 1 aromatic rings. The van der Waals surface area contributed by atoms with Crippen LogP contribution in [0.2, 0.25) is 0 Å². The minimum Gasteiger partial charge on any atom is -0.343 e. The van der Waals surface area contributed by atoms with Gasteiger partial charge in [-0.1, -0.05) is 49.6 Å². The molecule has 0 spiro atoms. The zero-order chi connectivity index (χ0) is 11.7. The molecule has 0 radical (unpaired) electrons. The molecule has 2 nitrogen and oxygen atoms in total. The van der Waals surface area contributed by atoms with Gasteiger partial charge in [-0.2, -0.15) is 0 Å². The predicted molar refractivity (Wildman–Crippen MR) is 63.3 cm³/mol. The summed E-state index contributed by atoms with van der Waals surface area (Å²) in [7, 11) is 0. The van der Waals surface area contributed by atoms with Crippen LogP contribution in [0.3, 0.4) is 0 Å². The van der Waals surface area contributed by atoms with Crippen LogP contribution in [0.4, 0.5) is 0 Å². The van der Waals surface area contributed by atoms with Crippen LogP contribution in [0.1, 0.15) is 12.5 Å². The second-order valence-corrected chi connectivity index (χ2v) is 2.91. The number of benzene rings is 1. The Bertz CT molecular complexity index is 331. The first-order valence-corrected chi connectivity index (χ1v) is 4.58. The van der Waals surface area contributed by atoms with Crippen molar-refractivity contribution >= 4 is 23.9 Å². The Balaban J connectivity index is 0.000000265. The largest absolute Gasteiger partial charge is 0.351 e. The molecule has 0 atom stereocenters. The SMILES string of the molecule is C=C(C)C(=O)OCl.C=Cc1ccccc1. The third-order valence-corrected chi connectivity index (χ3v) is 1.59. The lowest BCUT2D eigenvalue weighted by Crippen LogP contribution is -1.95. The number of carbonyl (C=O) groups excluding carboxylic acids is 1. The molecule has 0 aliphatic rings. The highest BCUT2D eigenvalue weighted by Crippen LogP contribution is 1.97. The Kier molecular flexibility index (Phi) is 7.02. The summed E-state index contributed by atoms with van der Waals surface area (Å²) in [5, 5.41) is 0. The predicted octanol–water partition coefficient (Wildman–Crippen LogP) is 3.59. The van der Waals surface area contributed by atoms with E-state index in [9.17, 15) is 4.79 Å². The quantitative estimate of drug-likeness (QED) is 0.718. The second-order valence-electron chi connectivity index (χ2n) is 2.76. The van der Waals surface area contributed by atoms with E-state index in [0.29, 0.717) is 5.57 Å². The van der Waals surface area contributed by atoms with Crippen molar-refractivity contribution in [2.45, 2.75) is 6.92 Å². The van der Waals surface area contributed by atoms with E-state index in [1.807, 2.05) is 36.4 Å². The Morgan fingerprint density at radius 1 is 1.40 bits per heavy atom. The van der Waals surface area contributed by atoms with Crippen molar-refractivity contribution in [3.05, 3.63) is 54.6 Å². The number of rotatable bonds is 2. The Hall–Kier alpha value is -1.54. The number of hydrogen-bond donors (Lipinski definition) is 0. The topological polar surface area (TPSA) is 26.3 Å². The average Bonchev–Trinajstić information content (AvgIpc) is 2.29. The van der Waals surface area contributed by atoms with Crippen LogP contribution in [0, 0.1) is 0 Å². The average molecular weight is 225 g/mol. The van der Waals surface area contributed by atoms with Crippen molar-refractivity contribution in [1.82, 2.24) is 0 Å². The van der Waals surface area contributed by atoms with E-state index >= 15 is 0 Å². The molecular formula is C12H13ClO2. The van der Waals surface area contributed by atoms with Gasteiger partial charge in [0, 0.05) is 5.57 Å². The smallest absolute Gasteiger partial charge is 0.343 e. The van der Waals surface area contributed by atoms with Gasteiger partial charge in [-0.05, 0) is 12.5 Å². The minimum atomic E-state index is -0.582. The van der Waals surface area contributed by atoms with E-state index in [-0.39, 0.29) is 0 Å². The van der Waals surface area contributed by atoms with Gasteiger partial charge in [-0.15, -0.1) is 0 Å². The molecule has 3 heteroatoms. The molecule has 0 aliphatic carbocycles. The van der Waals surface area contributed by atoms with Crippen molar-refractivity contribution in [2.75, 3.05) is 0 Å². The lowest BCUT2D eigenvalue weighted by atomic mass is 10.2. The molecule has 15 heavy (non-hydrogen) atoms. The minimum absolute atomic E-state index is 0.301. The van der Waals surface area contributed by atoms with Crippen molar-refractivity contribution in [3.63, 3.8) is 0 Å². The molecule has 0 bridgehead atoms. The zero-order valence-electron chi connectivity index (χ0n) is 8.57. The second kappa shape index (κ2) is 7.83. The van der Waals surface area contributed by atoms with Gasteiger partial charge >= 0.3 is 5.97 Å². The highest BCUT2D eigenvalue weighted by atomic mass is 35.5. The maximum absolute atomic E-state index is 10.1. The van der Waals surface area contributed by atoms with Gasteiger partial charge in [0.05, 0.1) is 0 Å². The molecule has 1 aromatic carbocycles. The van der Waals surface area contributed by atoms with E-state index in [0.717, 1.165) is 0 Å². The zero-order valence-corrected chi connectivity index (χ0v) is 9.33. The Morgan fingerprint density at radius 2 is 1.93 bits per heavy atom. The fraction of sp³-hybridized carbons (Fsp3) is 0.0833. The summed E-state index contributed by atoms with van der Waals surface area (Å²) < 4.78 is 3.75. The first kappa shape index (κ1) is 13.5. The van der Waals surface area contributed by atoms with Gasteiger partial charge in [0.15, 0.2) is 0 Å². The number of carbonyl (C=O) groups is 1. The molecule has 80 valence electrons. The maximum atomic E-state index is 10.1. The molecule has 0 aliphatic heterocycles. The van der Waals surface area contributed by atoms with Gasteiger partial charge in [0.25, 0.3) is 0 Å². The van der Waals surface area contributed by atoms with Crippen LogP contribution in [0.15, 0.2) is 49.1 Å². The summed E-state index contributed by atoms with van der Waals surface area (Å²) in [6.07, 6.45) is 1.83. The van der Waals surface area contributed by atoms with E-state index < -0.39 is 5.97 Å². The number of halogens is 1. The van der Waals surface area contributed by atoms with E-state index in [4.69, 9.17) is 0 Å². The fourth-order valence-corrected chi connectivity index (χ4v) is 0.787. The summed E-state index contributed by atoms with van der Waals surface area (Å²) in [4.78, 5) is 10.1. The van der Waals surface area contributed by atoms with Crippen molar-refractivity contribution in [1.29, 1.82) is 0 Å². The van der Waals surface area contributed by atoms with Crippen molar-refractivity contribution < 1.29 is 9.08 Å².